The number of anilines is 1. The molecule has 1 aromatic heterocycles. The summed E-state index contributed by atoms with van der Waals surface area (Å²) in [7, 11) is -3.76. The topological polar surface area (TPSA) is 123 Å². The van der Waals surface area contributed by atoms with Crippen LogP contribution in [0.25, 0.3) is 0 Å². The second kappa shape index (κ2) is 9.09. The summed E-state index contributed by atoms with van der Waals surface area (Å²) in [5.74, 6) is 1.32. The van der Waals surface area contributed by atoms with E-state index in [0.717, 1.165) is 24.7 Å². The standard InChI is InChI=1S/C19H28N6O4S/c1-14(2)19-22-21-13-23(19)10-8-20-17-7-6-16(11-18(17)25(26)27)30(28,29)24-9-4-5-15(3)12-24/h6-7,11,13-15,20H,4-5,8-10,12H2,1-3H3/t15-/m0/s1. The van der Waals surface area contributed by atoms with Gasteiger partial charge in [-0.3, -0.25) is 10.1 Å². The second-order valence-electron chi connectivity index (χ2n) is 8.01. The average molecular weight is 437 g/mol. The van der Waals surface area contributed by atoms with Crippen molar-refractivity contribution in [1.82, 2.24) is 19.1 Å². The maximum Gasteiger partial charge on any atom is 0.293 e. The molecular weight excluding hydrogens is 408 g/mol. The molecule has 1 aliphatic rings. The molecule has 0 radical (unpaired) electrons. The van der Waals surface area contributed by atoms with Crippen LogP contribution in [0.3, 0.4) is 0 Å². The van der Waals surface area contributed by atoms with E-state index in [2.05, 4.69) is 15.5 Å². The highest BCUT2D eigenvalue weighted by Gasteiger charge is 2.30. The molecule has 0 spiro atoms. The second-order valence-corrected chi connectivity index (χ2v) is 9.95. The van der Waals surface area contributed by atoms with Gasteiger partial charge < -0.3 is 9.88 Å². The number of hydrogen-bond donors (Lipinski definition) is 1. The highest BCUT2D eigenvalue weighted by molar-refractivity contribution is 7.89. The summed E-state index contributed by atoms with van der Waals surface area (Å²) in [5, 5.41) is 22.6. The Morgan fingerprint density at radius 1 is 1.37 bits per heavy atom. The van der Waals surface area contributed by atoms with Gasteiger partial charge in [-0.15, -0.1) is 10.2 Å². The number of nitrogens with zero attached hydrogens (tertiary/aromatic N) is 5. The summed E-state index contributed by atoms with van der Waals surface area (Å²) in [6.07, 6.45) is 3.41. The first-order chi connectivity index (χ1) is 14.2. The molecule has 0 aliphatic carbocycles. The lowest BCUT2D eigenvalue weighted by atomic mass is 10.0. The van der Waals surface area contributed by atoms with E-state index >= 15 is 0 Å². The van der Waals surface area contributed by atoms with Gasteiger partial charge in [0.1, 0.15) is 17.8 Å². The number of nitro groups is 1. The molecule has 1 aliphatic heterocycles. The Morgan fingerprint density at radius 3 is 2.80 bits per heavy atom. The zero-order valence-corrected chi connectivity index (χ0v) is 18.3. The minimum atomic E-state index is -3.76. The first kappa shape index (κ1) is 22.2. The van der Waals surface area contributed by atoms with E-state index in [-0.39, 0.29) is 28.1 Å². The van der Waals surface area contributed by atoms with E-state index in [4.69, 9.17) is 0 Å². The lowest BCUT2D eigenvalue weighted by Crippen LogP contribution is -2.39. The molecule has 11 heteroatoms. The first-order valence-corrected chi connectivity index (χ1v) is 11.5. The predicted octanol–water partition coefficient (Wildman–Crippen LogP) is 2.84. The minimum Gasteiger partial charge on any atom is -0.378 e. The van der Waals surface area contributed by atoms with Crippen LogP contribution in [0.4, 0.5) is 11.4 Å². The minimum absolute atomic E-state index is 0.0465. The summed E-state index contributed by atoms with van der Waals surface area (Å²) < 4.78 is 29.2. The number of benzene rings is 1. The molecule has 0 amide bonds. The van der Waals surface area contributed by atoms with Gasteiger partial charge in [-0.2, -0.15) is 4.31 Å². The normalized spacial score (nSPS) is 17.9. The van der Waals surface area contributed by atoms with Crippen molar-refractivity contribution >= 4 is 21.4 Å². The number of sulfonamides is 1. The molecule has 1 N–H and O–H groups in total. The van der Waals surface area contributed by atoms with Crippen molar-refractivity contribution in [3.8, 4) is 0 Å². The summed E-state index contributed by atoms with van der Waals surface area (Å²) in [6, 6.07) is 4.05. The van der Waals surface area contributed by atoms with Gasteiger partial charge in [-0.05, 0) is 30.9 Å². The fourth-order valence-corrected chi connectivity index (χ4v) is 5.30. The van der Waals surface area contributed by atoms with E-state index < -0.39 is 14.9 Å². The van der Waals surface area contributed by atoms with Crippen LogP contribution < -0.4 is 5.32 Å². The summed E-state index contributed by atoms with van der Waals surface area (Å²) in [6.45, 7) is 7.86. The maximum atomic E-state index is 13.0. The lowest BCUT2D eigenvalue weighted by molar-refractivity contribution is -0.384. The van der Waals surface area contributed by atoms with Gasteiger partial charge in [0.05, 0.1) is 9.82 Å². The van der Waals surface area contributed by atoms with Crippen LogP contribution in [0, 0.1) is 16.0 Å². The van der Waals surface area contributed by atoms with E-state index in [9.17, 15) is 18.5 Å². The van der Waals surface area contributed by atoms with Gasteiger partial charge in [0.25, 0.3) is 5.69 Å². The zero-order chi connectivity index (χ0) is 21.9. The molecule has 30 heavy (non-hydrogen) atoms. The van der Waals surface area contributed by atoms with Gasteiger partial charge in [0.15, 0.2) is 0 Å². The molecular formula is C19H28N6O4S. The van der Waals surface area contributed by atoms with Gasteiger partial charge in [0, 0.05) is 38.2 Å². The summed E-state index contributed by atoms with van der Waals surface area (Å²) in [5.41, 5.74) is 0.0269. The summed E-state index contributed by atoms with van der Waals surface area (Å²) in [4.78, 5) is 11.0. The molecule has 1 atom stereocenters. The van der Waals surface area contributed by atoms with Crippen LogP contribution >= 0.6 is 0 Å². The Bertz CT molecular complexity index is 1000. The first-order valence-electron chi connectivity index (χ1n) is 10.1. The molecule has 10 nitrogen and oxygen atoms in total. The highest BCUT2D eigenvalue weighted by atomic mass is 32.2. The van der Waals surface area contributed by atoms with Gasteiger partial charge in [-0.1, -0.05) is 20.8 Å². The Labute approximate surface area is 176 Å². The molecule has 2 aromatic rings. The van der Waals surface area contributed by atoms with Crippen LogP contribution in [-0.4, -0.2) is 52.0 Å². The van der Waals surface area contributed by atoms with E-state index in [1.807, 2.05) is 25.3 Å². The van der Waals surface area contributed by atoms with Crippen molar-refractivity contribution < 1.29 is 13.3 Å². The number of hydrogen-bond acceptors (Lipinski definition) is 7. The van der Waals surface area contributed by atoms with Crippen LogP contribution in [0.2, 0.25) is 0 Å². The molecule has 1 aromatic carbocycles. The molecule has 1 fully saturated rings. The quantitative estimate of drug-likeness (QED) is 0.498. The maximum absolute atomic E-state index is 13.0. The van der Waals surface area contributed by atoms with E-state index in [1.165, 1.54) is 16.4 Å². The van der Waals surface area contributed by atoms with Crippen molar-refractivity contribution in [3.05, 3.63) is 40.5 Å². The van der Waals surface area contributed by atoms with Crippen molar-refractivity contribution in [2.24, 2.45) is 5.92 Å². The van der Waals surface area contributed by atoms with Crippen molar-refractivity contribution in [2.45, 2.75) is 51.0 Å². The molecule has 0 bridgehead atoms. The van der Waals surface area contributed by atoms with E-state index in [0.29, 0.717) is 26.2 Å². The van der Waals surface area contributed by atoms with E-state index in [1.54, 1.807) is 6.33 Å². The third kappa shape index (κ3) is 4.78. The van der Waals surface area contributed by atoms with Crippen molar-refractivity contribution in [1.29, 1.82) is 0 Å². The molecule has 1 saturated heterocycles. The van der Waals surface area contributed by atoms with Gasteiger partial charge in [0.2, 0.25) is 10.0 Å². The number of rotatable bonds is 8. The largest absolute Gasteiger partial charge is 0.378 e. The average Bonchev–Trinajstić information content (AvgIpc) is 3.17. The fourth-order valence-electron chi connectivity index (χ4n) is 3.68. The molecule has 3 rings (SSSR count). The number of nitro benzene ring substituents is 1. The SMILES string of the molecule is CC(C)c1nncn1CCNc1ccc(S(=O)(=O)N2CCC[C@H](C)C2)cc1[N+](=O)[O-]. The van der Waals surface area contributed by atoms with Crippen LogP contribution in [0.15, 0.2) is 29.4 Å². The molecule has 164 valence electrons. The monoisotopic (exact) mass is 436 g/mol. The van der Waals surface area contributed by atoms with Gasteiger partial charge >= 0.3 is 0 Å². The highest BCUT2D eigenvalue weighted by Crippen LogP contribution is 2.30. The molecule has 2 heterocycles. The number of nitrogens with one attached hydrogen (secondary N) is 1. The number of piperidine rings is 1. The fraction of sp³-hybridized carbons (Fsp3) is 0.579. The Hall–Kier alpha value is -2.53. The Morgan fingerprint density at radius 2 is 2.13 bits per heavy atom. The number of aromatic nitrogens is 3. The Balaban J connectivity index is 1.76. The third-order valence-electron chi connectivity index (χ3n) is 5.25. The molecule has 0 saturated carbocycles. The Kier molecular flexibility index (Phi) is 6.71. The smallest absolute Gasteiger partial charge is 0.293 e. The van der Waals surface area contributed by atoms with Crippen LogP contribution in [-0.2, 0) is 16.6 Å². The van der Waals surface area contributed by atoms with Crippen molar-refractivity contribution in [2.75, 3.05) is 25.0 Å². The van der Waals surface area contributed by atoms with Gasteiger partial charge in [-0.25, -0.2) is 8.42 Å². The summed E-state index contributed by atoms with van der Waals surface area (Å²) >= 11 is 0. The van der Waals surface area contributed by atoms with Crippen molar-refractivity contribution in [3.63, 3.8) is 0 Å². The zero-order valence-electron chi connectivity index (χ0n) is 17.5. The molecule has 0 unspecified atom stereocenters. The van der Waals surface area contributed by atoms with Crippen LogP contribution in [0.5, 0.6) is 0 Å². The third-order valence-corrected chi connectivity index (χ3v) is 7.11. The predicted molar refractivity (Wildman–Crippen MR) is 113 cm³/mol. The lowest BCUT2D eigenvalue weighted by Gasteiger charge is -2.30. The van der Waals surface area contributed by atoms with Crippen LogP contribution in [0.1, 0.15) is 45.4 Å².